The molecule has 0 N–H and O–H groups in total. The number of aldehydes is 1. The van der Waals surface area contributed by atoms with Gasteiger partial charge in [-0.2, -0.15) is 0 Å². The number of carbonyl (C=O) groups is 1. The summed E-state index contributed by atoms with van der Waals surface area (Å²) < 4.78 is 26.9. The molecule has 1 aromatic heterocycles. The lowest BCUT2D eigenvalue weighted by Crippen LogP contribution is -1.97. The summed E-state index contributed by atoms with van der Waals surface area (Å²) in [6, 6.07) is 2.11. The van der Waals surface area contributed by atoms with Crippen LogP contribution in [0, 0.1) is 11.6 Å². The third-order valence-corrected chi connectivity index (χ3v) is 2.70. The molecular weight excluding hydrogens is 250 g/mol. The topological polar surface area (TPSA) is 42.9 Å². The minimum absolute atomic E-state index is 0.152. The highest BCUT2D eigenvalue weighted by Crippen LogP contribution is 2.20. The highest BCUT2D eigenvalue weighted by Gasteiger charge is 2.12. The van der Waals surface area contributed by atoms with Gasteiger partial charge in [-0.3, -0.25) is 4.79 Å². The molecule has 0 aliphatic heterocycles. The van der Waals surface area contributed by atoms with E-state index in [1.54, 1.807) is 12.4 Å². The van der Waals surface area contributed by atoms with E-state index in [9.17, 15) is 13.6 Å². The number of aromatic nitrogens is 2. The zero-order valence-corrected chi connectivity index (χ0v) is 10.4. The molecule has 1 heterocycles. The fourth-order valence-electron chi connectivity index (χ4n) is 1.75. The second-order valence-electron chi connectivity index (χ2n) is 4.14. The van der Waals surface area contributed by atoms with Gasteiger partial charge in [-0.15, -0.1) is 0 Å². The van der Waals surface area contributed by atoms with E-state index in [0.29, 0.717) is 0 Å². The third-order valence-electron chi connectivity index (χ3n) is 2.70. The highest BCUT2D eigenvalue weighted by molar-refractivity contribution is 5.77. The first-order chi connectivity index (χ1) is 9.15. The van der Waals surface area contributed by atoms with Crippen LogP contribution in [0.1, 0.15) is 29.3 Å². The fourth-order valence-corrected chi connectivity index (χ4v) is 1.75. The Hall–Kier alpha value is -2.17. The van der Waals surface area contributed by atoms with Crippen LogP contribution in [0.5, 0.6) is 0 Å². The number of aryl methyl sites for hydroxylation is 1. The lowest BCUT2D eigenvalue weighted by atomic mass is 10.1. The van der Waals surface area contributed by atoms with E-state index in [2.05, 4.69) is 9.97 Å². The third kappa shape index (κ3) is 2.81. The van der Waals surface area contributed by atoms with Crippen LogP contribution in [0.25, 0.3) is 11.4 Å². The van der Waals surface area contributed by atoms with Crippen LogP contribution in [-0.2, 0) is 6.42 Å². The van der Waals surface area contributed by atoms with Crippen LogP contribution in [0.4, 0.5) is 8.78 Å². The molecule has 0 amide bonds. The lowest BCUT2D eigenvalue weighted by molar-refractivity contribution is 0.111. The van der Waals surface area contributed by atoms with Gasteiger partial charge in [0.25, 0.3) is 0 Å². The lowest BCUT2D eigenvalue weighted by Gasteiger charge is -2.04. The average Bonchev–Trinajstić information content (AvgIpc) is 2.39. The van der Waals surface area contributed by atoms with Crippen molar-refractivity contribution >= 4 is 6.29 Å². The molecule has 0 spiro atoms. The maximum Gasteiger partial charge on any atom is 0.159 e. The molecule has 0 saturated heterocycles. The fraction of sp³-hybridized carbons (Fsp3) is 0.214. The quantitative estimate of drug-likeness (QED) is 0.795. The highest BCUT2D eigenvalue weighted by atomic mass is 19.1. The van der Waals surface area contributed by atoms with Crippen LogP contribution in [0.3, 0.4) is 0 Å². The molecule has 0 unspecified atom stereocenters. The van der Waals surface area contributed by atoms with Crippen molar-refractivity contribution in [3.05, 3.63) is 47.3 Å². The largest absolute Gasteiger partial charge is 0.298 e. The molecule has 19 heavy (non-hydrogen) atoms. The van der Waals surface area contributed by atoms with Crippen LogP contribution >= 0.6 is 0 Å². The Bertz CT molecular complexity index is 574. The van der Waals surface area contributed by atoms with Crippen LogP contribution < -0.4 is 0 Å². The van der Waals surface area contributed by atoms with Crippen molar-refractivity contribution in [1.82, 2.24) is 9.97 Å². The molecule has 0 fully saturated rings. The predicted molar refractivity (Wildman–Crippen MR) is 66.8 cm³/mol. The first kappa shape index (κ1) is 13.3. The number of nitrogens with zero attached hydrogens (tertiary/aromatic N) is 2. The Morgan fingerprint density at radius 2 is 1.74 bits per heavy atom. The van der Waals surface area contributed by atoms with Crippen molar-refractivity contribution < 1.29 is 13.6 Å². The summed E-state index contributed by atoms with van der Waals surface area (Å²) in [7, 11) is 0. The van der Waals surface area contributed by atoms with Crippen molar-refractivity contribution in [2.45, 2.75) is 19.8 Å². The maximum absolute atomic E-state index is 13.5. The molecule has 0 aliphatic rings. The molecule has 0 bridgehead atoms. The molecule has 0 saturated carbocycles. The Morgan fingerprint density at radius 3 is 2.21 bits per heavy atom. The molecule has 5 heteroatoms. The number of benzene rings is 1. The zero-order chi connectivity index (χ0) is 13.8. The summed E-state index contributed by atoms with van der Waals surface area (Å²) in [6.45, 7) is 2.04. The van der Waals surface area contributed by atoms with Crippen molar-refractivity contribution in [2.75, 3.05) is 0 Å². The van der Waals surface area contributed by atoms with E-state index in [0.717, 1.165) is 30.5 Å². The summed E-state index contributed by atoms with van der Waals surface area (Å²) in [4.78, 5) is 18.6. The van der Waals surface area contributed by atoms with E-state index in [1.807, 2.05) is 6.92 Å². The Labute approximate surface area is 109 Å². The number of hydrogen-bond acceptors (Lipinski definition) is 3. The van der Waals surface area contributed by atoms with E-state index in [-0.39, 0.29) is 17.7 Å². The zero-order valence-electron chi connectivity index (χ0n) is 10.4. The van der Waals surface area contributed by atoms with Gasteiger partial charge in [0, 0.05) is 18.0 Å². The van der Waals surface area contributed by atoms with E-state index >= 15 is 0 Å². The van der Waals surface area contributed by atoms with Crippen LogP contribution in [0.2, 0.25) is 0 Å². The number of carbonyl (C=O) groups excluding carboxylic acids is 1. The van der Waals surface area contributed by atoms with Crippen molar-refractivity contribution in [1.29, 1.82) is 0 Å². The average molecular weight is 262 g/mol. The first-order valence-electron chi connectivity index (χ1n) is 5.91. The predicted octanol–water partition coefficient (Wildman–Crippen LogP) is 3.19. The van der Waals surface area contributed by atoms with Crippen LogP contribution in [-0.4, -0.2) is 16.3 Å². The standard InChI is InChI=1S/C14H12F2N2O/c1-2-3-9-6-17-14(18-7-9)10-4-12(15)11(8-19)13(16)5-10/h4-8H,2-3H2,1H3. The van der Waals surface area contributed by atoms with Gasteiger partial charge in [0.1, 0.15) is 11.6 Å². The Morgan fingerprint density at radius 1 is 1.16 bits per heavy atom. The molecule has 98 valence electrons. The second kappa shape index (κ2) is 5.65. The smallest absolute Gasteiger partial charge is 0.159 e. The van der Waals surface area contributed by atoms with Crippen molar-refractivity contribution in [2.24, 2.45) is 0 Å². The Balaban J connectivity index is 2.39. The molecule has 3 nitrogen and oxygen atoms in total. The van der Waals surface area contributed by atoms with Gasteiger partial charge in [0.15, 0.2) is 12.1 Å². The maximum atomic E-state index is 13.5. The van der Waals surface area contributed by atoms with Gasteiger partial charge in [-0.1, -0.05) is 13.3 Å². The van der Waals surface area contributed by atoms with Gasteiger partial charge in [0.2, 0.25) is 0 Å². The monoisotopic (exact) mass is 262 g/mol. The summed E-state index contributed by atoms with van der Waals surface area (Å²) in [5.41, 5.74) is 0.603. The minimum Gasteiger partial charge on any atom is -0.298 e. The summed E-state index contributed by atoms with van der Waals surface area (Å²) >= 11 is 0. The van der Waals surface area contributed by atoms with Crippen molar-refractivity contribution in [3.8, 4) is 11.4 Å². The van der Waals surface area contributed by atoms with Gasteiger partial charge in [0.05, 0.1) is 5.56 Å². The number of halogens is 2. The molecule has 2 aromatic rings. The normalized spacial score (nSPS) is 10.5. The van der Waals surface area contributed by atoms with E-state index in [1.165, 1.54) is 0 Å². The van der Waals surface area contributed by atoms with Crippen molar-refractivity contribution in [3.63, 3.8) is 0 Å². The van der Waals surface area contributed by atoms with E-state index in [4.69, 9.17) is 0 Å². The summed E-state index contributed by atoms with van der Waals surface area (Å²) in [5, 5.41) is 0. The number of hydrogen-bond donors (Lipinski definition) is 0. The van der Waals surface area contributed by atoms with Gasteiger partial charge < -0.3 is 0 Å². The van der Waals surface area contributed by atoms with E-state index < -0.39 is 17.2 Å². The SMILES string of the molecule is CCCc1cnc(-c2cc(F)c(C=O)c(F)c2)nc1. The molecule has 0 radical (unpaired) electrons. The minimum atomic E-state index is -0.911. The molecule has 1 aromatic carbocycles. The van der Waals surface area contributed by atoms with Gasteiger partial charge in [-0.05, 0) is 24.1 Å². The number of rotatable bonds is 4. The molecule has 0 aliphatic carbocycles. The second-order valence-corrected chi connectivity index (χ2v) is 4.14. The Kier molecular flexibility index (Phi) is 3.94. The van der Waals surface area contributed by atoms with Crippen LogP contribution in [0.15, 0.2) is 24.5 Å². The molecule has 0 atom stereocenters. The van der Waals surface area contributed by atoms with Gasteiger partial charge in [-0.25, -0.2) is 18.7 Å². The molecule has 2 rings (SSSR count). The van der Waals surface area contributed by atoms with Gasteiger partial charge >= 0.3 is 0 Å². The molecular formula is C14H12F2N2O. The summed E-state index contributed by atoms with van der Waals surface area (Å²) in [6.07, 6.45) is 5.25. The first-order valence-corrected chi connectivity index (χ1v) is 5.91. The summed E-state index contributed by atoms with van der Waals surface area (Å²) in [5.74, 6) is -1.59.